The third-order valence-electron chi connectivity index (χ3n) is 3.36. The van der Waals surface area contributed by atoms with Crippen LogP contribution in [0.15, 0.2) is 18.2 Å². The van der Waals surface area contributed by atoms with E-state index >= 15 is 0 Å². The van der Waals surface area contributed by atoms with E-state index in [1.807, 2.05) is 0 Å². The summed E-state index contributed by atoms with van der Waals surface area (Å²) in [6, 6.07) is 7.02. The molecule has 1 atom stereocenters. The van der Waals surface area contributed by atoms with Crippen molar-refractivity contribution in [1.29, 1.82) is 0 Å². The van der Waals surface area contributed by atoms with E-state index in [0.717, 1.165) is 31.9 Å². The van der Waals surface area contributed by atoms with Crippen molar-refractivity contribution < 1.29 is 4.74 Å². The van der Waals surface area contributed by atoms with Gasteiger partial charge in [0, 0.05) is 24.7 Å². The van der Waals surface area contributed by atoms with Gasteiger partial charge in [0.25, 0.3) is 0 Å². The van der Waals surface area contributed by atoms with Crippen LogP contribution in [-0.2, 0) is 6.42 Å². The second-order valence-corrected chi connectivity index (χ2v) is 4.61. The van der Waals surface area contributed by atoms with Crippen molar-refractivity contribution in [2.75, 3.05) is 25.0 Å². The molecule has 1 aromatic rings. The summed E-state index contributed by atoms with van der Waals surface area (Å²) in [6.45, 7) is 3.08. The molecule has 3 heteroatoms. The maximum absolute atomic E-state index is 5.50. The number of hydrogen-bond donors (Lipinski definition) is 2. The molecule has 1 aromatic carbocycles. The molecule has 2 aliphatic heterocycles. The summed E-state index contributed by atoms with van der Waals surface area (Å²) >= 11 is 0. The Kier molecular flexibility index (Phi) is 2.70. The van der Waals surface area contributed by atoms with E-state index in [1.54, 1.807) is 0 Å². The van der Waals surface area contributed by atoms with Crippen LogP contribution in [0.1, 0.15) is 18.4 Å². The Morgan fingerprint density at radius 2 is 2.38 bits per heavy atom. The molecule has 86 valence electrons. The lowest BCUT2D eigenvalue weighted by molar-refractivity contribution is 0.357. The summed E-state index contributed by atoms with van der Waals surface area (Å²) in [4.78, 5) is 0. The lowest BCUT2D eigenvalue weighted by atomic mass is 10.1. The second-order valence-electron chi connectivity index (χ2n) is 4.61. The Labute approximate surface area is 96.2 Å². The number of piperidine rings is 1. The first-order valence-corrected chi connectivity index (χ1v) is 6.15. The Balaban J connectivity index is 1.69. The molecule has 3 rings (SSSR count). The number of fused-ring (bicyclic) bond motifs is 1. The number of ether oxygens (including phenoxy) is 1. The summed E-state index contributed by atoms with van der Waals surface area (Å²) in [5, 5.41) is 7.01. The van der Waals surface area contributed by atoms with Gasteiger partial charge in [0.2, 0.25) is 0 Å². The first kappa shape index (κ1) is 9.97. The van der Waals surface area contributed by atoms with E-state index in [2.05, 4.69) is 28.8 Å². The minimum Gasteiger partial charge on any atom is -0.493 e. The average molecular weight is 218 g/mol. The maximum Gasteiger partial charge on any atom is 0.122 e. The molecule has 1 saturated heterocycles. The van der Waals surface area contributed by atoms with E-state index in [9.17, 15) is 0 Å². The summed E-state index contributed by atoms with van der Waals surface area (Å²) in [5.41, 5.74) is 2.58. The Morgan fingerprint density at radius 3 is 3.25 bits per heavy atom. The molecule has 1 fully saturated rings. The molecule has 2 N–H and O–H groups in total. The van der Waals surface area contributed by atoms with Crippen LogP contribution in [-0.4, -0.2) is 25.7 Å². The molecule has 0 aliphatic carbocycles. The smallest absolute Gasteiger partial charge is 0.122 e. The van der Waals surface area contributed by atoms with Crippen LogP contribution >= 0.6 is 0 Å². The summed E-state index contributed by atoms with van der Waals surface area (Å²) in [7, 11) is 0. The average Bonchev–Trinajstić information content (AvgIpc) is 2.77. The van der Waals surface area contributed by atoms with E-state index in [4.69, 9.17) is 4.74 Å². The largest absolute Gasteiger partial charge is 0.493 e. The number of nitrogens with one attached hydrogen (secondary N) is 2. The van der Waals surface area contributed by atoms with Gasteiger partial charge in [0.1, 0.15) is 5.75 Å². The highest BCUT2D eigenvalue weighted by Crippen LogP contribution is 2.28. The van der Waals surface area contributed by atoms with Gasteiger partial charge < -0.3 is 15.4 Å². The van der Waals surface area contributed by atoms with Crippen molar-refractivity contribution in [2.45, 2.75) is 25.3 Å². The molecule has 0 aromatic heterocycles. The van der Waals surface area contributed by atoms with Gasteiger partial charge in [-0.05, 0) is 43.1 Å². The van der Waals surface area contributed by atoms with Gasteiger partial charge in [-0.15, -0.1) is 0 Å². The van der Waals surface area contributed by atoms with Gasteiger partial charge in [-0.1, -0.05) is 0 Å². The van der Waals surface area contributed by atoms with Crippen LogP contribution in [0.4, 0.5) is 5.69 Å². The zero-order chi connectivity index (χ0) is 10.8. The lowest BCUT2D eigenvalue weighted by Gasteiger charge is -2.25. The second kappa shape index (κ2) is 4.34. The zero-order valence-corrected chi connectivity index (χ0v) is 9.46. The molecule has 1 unspecified atom stereocenters. The Morgan fingerprint density at radius 1 is 1.38 bits per heavy atom. The summed E-state index contributed by atoms with van der Waals surface area (Å²) in [5.74, 6) is 1.06. The van der Waals surface area contributed by atoms with Crippen molar-refractivity contribution in [3.63, 3.8) is 0 Å². The molecule has 2 aliphatic rings. The highest BCUT2D eigenvalue weighted by Gasteiger charge is 2.15. The summed E-state index contributed by atoms with van der Waals surface area (Å²) in [6.07, 6.45) is 3.58. The minimum atomic E-state index is 0.578. The number of benzene rings is 1. The van der Waals surface area contributed by atoms with Crippen molar-refractivity contribution >= 4 is 5.69 Å². The SMILES string of the molecule is c1cc2c(cc1NC1CCCNC1)CCO2. The molecular weight excluding hydrogens is 200 g/mol. The highest BCUT2D eigenvalue weighted by atomic mass is 16.5. The highest BCUT2D eigenvalue weighted by molar-refractivity contribution is 5.53. The third kappa shape index (κ3) is 2.00. The lowest BCUT2D eigenvalue weighted by Crippen LogP contribution is -2.38. The van der Waals surface area contributed by atoms with Crippen LogP contribution in [0, 0.1) is 0 Å². The topological polar surface area (TPSA) is 33.3 Å². The quantitative estimate of drug-likeness (QED) is 0.794. The zero-order valence-electron chi connectivity index (χ0n) is 9.46. The van der Waals surface area contributed by atoms with Crippen LogP contribution < -0.4 is 15.4 Å². The van der Waals surface area contributed by atoms with Crippen LogP contribution in [0.2, 0.25) is 0 Å². The number of hydrogen-bond acceptors (Lipinski definition) is 3. The fourth-order valence-corrected chi connectivity index (χ4v) is 2.49. The first-order valence-electron chi connectivity index (χ1n) is 6.15. The van der Waals surface area contributed by atoms with E-state index in [0.29, 0.717) is 6.04 Å². The third-order valence-corrected chi connectivity index (χ3v) is 3.36. The number of rotatable bonds is 2. The molecule has 0 saturated carbocycles. The Hall–Kier alpha value is -1.22. The summed E-state index contributed by atoms with van der Waals surface area (Å²) < 4.78 is 5.50. The van der Waals surface area contributed by atoms with Crippen molar-refractivity contribution in [3.8, 4) is 5.75 Å². The van der Waals surface area contributed by atoms with Crippen molar-refractivity contribution in [3.05, 3.63) is 23.8 Å². The van der Waals surface area contributed by atoms with Gasteiger partial charge in [-0.25, -0.2) is 0 Å². The molecular formula is C13H18N2O. The monoisotopic (exact) mass is 218 g/mol. The van der Waals surface area contributed by atoms with Crippen molar-refractivity contribution in [1.82, 2.24) is 5.32 Å². The Bertz CT molecular complexity index is 372. The molecule has 0 amide bonds. The predicted molar refractivity (Wildman–Crippen MR) is 65.2 cm³/mol. The predicted octanol–water partition coefficient (Wildman–Crippen LogP) is 1.79. The molecule has 3 nitrogen and oxygen atoms in total. The van der Waals surface area contributed by atoms with Crippen LogP contribution in [0.3, 0.4) is 0 Å². The van der Waals surface area contributed by atoms with Crippen molar-refractivity contribution in [2.24, 2.45) is 0 Å². The fraction of sp³-hybridized carbons (Fsp3) is 0.538. The van der Waals surface area contributed by atoms with Gasteiger partial charge in [-0.3, -0.25) is 0 Å². The normalized spacial score (nSPS) is 23.6. The van der Waals surface area contributed by atoms with Gasteiger partial charge in [-0.2, -0.15) is 0 Å². The number of anilines is 1. The minimum absolute atomic E-state index is 0.578. The molecule has 2 heterocycles. The molecule has 16 heavy (non-hydrogen) atoms. The van der Waals surface area contributed by atoms with E-state index < -0.39 is 0 Å². The molecule has 0 bridgehead atoms. The molecule has 0 spiro atoms. The van der Waals surface area contributed by atoms with Gasteiger partial charge >= 0.3 is 0 Å². The van der Waals surface area contributed by atoms with Crippen LogP contribution in [0.5, 0.6) is 5.75 Å². The first-order chi connectivity index (χ1) is 7.92. The standard InChI is InChI=1S/C13H18N2O/c1-2-12(9-14-6-1)15-11-3-4-13-10(8-11)5-7-16-13/h3-4,8,12,14-15H,1-2,5-7,9H2. The van der Waals surface area contributed by atoms with Crippen LogP contribution in [0.25, 0.3) is 0 Å². The van der Waals surface area contributed by atoms with E-state index in [1.165, 1.54) is 24.1 Å². The van der Waals surface area contributed by atoms with Gasteiger partial charge in [0.15, 0.2) is 0 Å². The maximum atomic E-state index is 5.50. The van der Waals surface area contributed by atoms with E-state index in [-0.39, 0.29) is 0 Å². The fourth-order valence-electron chi connectivity index (χ4n) is 2.49. The molecule has 0 radical (unpaired) electrons. The van der Waals surface area contributed by atoms with Gasteiger partial charge in [0.05, 0.1) is 6.61 Å².